The molecule has 1 amide bonds. The van der Waals surface area contributed by atoms with Crippen LogP contribution in [0.1, 0.15) is 18.4 Å². The number of aryl methyl sites for hydroxylation is 1. The zero-order chi connectivity index (χ0) is 12.8. The second-order valence-corrected chi connectivity index (χ2v) is 5.59. The van der Waals surface area contributed by atoms with E-state index in [1.54, 1.807) is 11.8 Å². The fourth-order valence-electron chi connectivity index (χ4n) is 1.87. The Balaban J connectivity index is 1.66. The molecule has 1 aliphatic heterocycles. The summed E-state index contributed by atoms with van der Waals surface area (Å²) in [6.45, 7) is 3.54. The van der Waals surface area contributed by atoms with Gasteiger partial charge in [-0.1, -0.05) is 17.7 Å². The van der Waals surface area contributed by atoms with Crippen LogP contribution in [0.15, 0.2) is 29.2 Å². The van der Waals surface area contributed by atoms with E-state index in [0.29, 0.717) is 12.3 Å². The van der Waals surface area contributed by atoms with Gasteiger partial charge in [0.2, 0.25) is 5.91 Å². The lowest BCUT2D eigenvalue weighted by Gasteiger charge is -2.10. The molecular weight excluding hydrogens is 246 g/mol. The number of hydrogen-bond donors (Lipinski definition) is 1. The Morgan fingerprint density at radius 1 is 1.44 bits per heavy atom. The van der Waals surface area contributed by atoms with Gasteiger partial charge in [0, 0.05) is 18.0 Å². The Kier molecular flexibility index (Phi) is 5.08. The number of benzene rings is 1. The van der Waals surface area contributed by atoms with Crippen molar-refractivity contribution >= 4 is 17.7 Å². The van der Waals surface area contributed by atoms with Gasteiger partial charge in [0.1, 0.15) is 0 Å². The molecule has 0 bridgehead atoms. The average molecular weight is 265 g/mol. The third-order valence-electron chi connectivity index (χ3n) is 2.94. The van der Waals surface area contributed by atoms with E-state index in [1.165, 1.54) is 5.56 Å². The third kappa shape index (κ3) is 4.35. The van der Waals surface area contributed by atoms with Crippen LogP contribution in [0.5, 0.6) is 0 Å². The zero-order valence-corrected chi connectivity index (χ0v) is 11.5. The summed E-state index contributed by atoms with van der Waals surface area (Å²) in [5.74, 6) is 0.548. The van der Waals surface area contributed by atoms with Crippen LogP contribution in [0.25, 0.3) is 0 Å². The summed E-state index contributed by atoms with van der Waals surface area (Å²) in [5.41, 5.74) is 1.24. The first-order valence-corrected chi connectivity index (χ1v) is 7.30. The number of carbonyl (C=O) groups excluding carboxylic acids is 1. The summed E-state index contributed by atoms with van der Waals surface area (Å²) < 4.78 is 5.46. The van der Waals surface area contributed by atoms with Gasteiger partial charge in [-0.05, 0) is 31.9 Å². The Labute approximate surface area is 112 Å². The number of ether oxygens (including phenoxy) is 1. The Morgan fingerprint density at radius 2 is 2.22 bits per heavy atom. The number of amides is 1. The Morgan fingerprint density at radius 3 is 2.89 bits per heavy atom. The van der Waals surface area contributed by atoms with Crippen LogP contribution in [-0.4, -0.2) is 30.9 Å². The van der Waals surface area contributed by atoms with Gasteiger partial charge in [-0.3, -0.25) is 4.79 Å². The van der Waals surface area contributed by atoms with Gasteiger partial charge < -0.3 is 10.1 Å². The molecule has 0 aromatic heterocycles. The van der Waals surface area contributed by atoms with Crippen LogP contribution < -0.4 is 5.32 Å². The van der Waals surface area contributed by atoms with Crippen molar-refractivity contribution in [2.24, 2.45) is 0 Å². The first-order valence-electron chi connectivity index (χ1n) is 6.32. The molecule has 0 aliphatic carbocycles. The van der Waals surface area contributed by atoms with Crippen molar-refractivity contribution in [2.75, 3.05) is 18.9 Å². The molecule has 0 unspecified atom stereocenters. The van der Waals surface area contributed by atoms with Crippen molar-refractivity contribution in [3.05, 3.63) is 29.8 Å². The summed E-state index contributed by atoms with van der Waals surface area (Å²) in [5, 5.41) is 2.92. The summed E-state index contributed by atoms with van der Waals surface area (Å²) in [6.07, 6.45) is 2.39. The van der Waals surface area contributed by atoms with E-state index in [1.807, 2.05) is 12.1 Å². The molecule has 1 aromatic carbocycles. The fourth-order valence-corrected chi connectivity index (χ4v) is 2.60. The molecule has 0 saturated carbocycles. The van der Waals surface area contributed by atoms with Crippen LogP contribution in [0.2, 0.25) is 0 Å². The smallest absolute Gasteiger partial charge is 0.230 e. The lowest BCUT2D eigenvalue weighted by atomic mass is 10.2. The van der Waals surface area contributed by atoms with Gasteiger partial charge in [0.15, 0.2) is 0 Å². The lowest BCUT2D eigenvalue weighted by Crippen LogP contribution is -2.32. The highest BCUT2D eigenvalue weighted by Gasteiger charge is 2.15. The molecule has 18 heavy (non-hydrogen) atoms. The minimum atomic E-state index is 0.0797. The molecule has 4 heteroatoms. The molecule has 2 rings (SSSR count). The molecule has 0 radical (unpaired) electrons. The van der Waals surface area contributed by atoms with Gasteiger partial charge in [0.25, 0.3) is 0 Å². The van der Waals surface area contributed by atoms with Crippen molar-refractivity contribution in [3.63, 3.8) is 0 Å². The monoisotopic (exact) mass is 265 g/mol. The molecule has 3 nitrogen and oxygen atoms in total. The minimum absolute atomic E-state index is 0.0797. The van der Waals surface area contributed by atoms with Gasteiger partial charge in [0.05, 0.1) is 11.9 Å². The van der Waals surface area contributed by atoms with Crippen LogP contribution in [0.3, 0.4) is 0 Å². The topological polar surface area (TPSA) is 38.3 Å². The van der Waals surface area contributed by atoms with Gasteiger partial charge in [-0.2, -0.15) is 0 Å². The molecule has 1 fully saturated rings. The highest BCUT2D eigenvalue weighted by molar-refractivity contribution is 8.00. The molecule has 1 heterocycles. The molecule has 1 aromatic rings. The van der Waals surface area contributed by atoms with Crippen LogP contribution in [0.4, 0.5) is 0 Å². The predicted molar refractivity (Wildman–Crippen MR) is 73.9 cm³/mol. The quantitative estimate of drug-likeness (QED) is 0.831. The summed E-state index contributed by atoms with van der Waals surface area (Å²) in [4.78, 5) is 12.8. The van der Waals surface area contributed by atoms with E-state index in [0.717, 1.165) is 24.3 Å². The molecular formula is C14H19NO2S. The van der Waals surface area contributed by atoms with Crippen molar-refractivity contribution in [3.8, 4) is 0 Å². The van der Waals surface area contributed by atoms with Crippen molar-refractivity contribution in [1.82, 2.24) is 5.32 Å². The molecule has 0 spiro atoms. The second-order valence-electron chi connectivity index (χ2n) is 4.54. The van der Waals surface area contributed by atoms with Crippen LogP contribution in [-0.2, 0) is 9.53 Å². The second kappa shape index (κ2) is 6.81. The zero-order valence-electron chi connectivity index (χ0n) is 10.6. The number of carbonyl (C=O) groups is 1. The number of nitrogens with one attached hydrogen (secondary N) is 1. The standard InChI is InChI=1S/C14H19NO2S/c1-11-4-6-13(7-5-11)18-10-14(16)15-9-12-3-2-8-17-12/h4-7,12H,2-3,8-10H2,1H3,(H,15,16)/t12-/m0/s1. The van der Waals surface area contributed by atoms with E-state index in [-0.39, 0.29) is 12.0 Å². The highest BCUT2D eigenvalue weighted by atomic mass is 32.2. The number of rotatable bonds is 5. The SMILES string of the molecule is Cc1ccc(SCC(=O)NC[C@@H]2CCCO2)cc1. The van der Waals surface area contributed by atoms with E-state index in [9.17, 15) is 4.79 Å². The Bertz CT molecular complexity index is 385. The van der Waals surface area contributed by atoms with Crippen molar-refractivity contribution in [1.29, 1.82) is 0 Å². The van der Waals surface area contributed by atoms with E-state index < -0.39 is 0 Å². The molecule has 1 saturated heterocycles. The fraction of sp³-hybridized carbons (Fsp3) is 0.500. The lowest BCUT2D eigenvalue weighted by molar-refractivity contribution is -0.119. The van der Waals surface area contributed by atoms with Gasteiger partial charge in [-0.15, -0.1) is 11.8 Å². The van der Waals surface area contributed by atoms with Crippen molar-refractivity contribution in [2.45, 2.75) is 30.8 Å². The minimum Gasteiger partial charge on any atom is -0.376 e. The average Bonchev–Trinajstić information content (AvgIpc) is 2.89. The normalized spacial score (nSPS) is 18.8. The summed E-state index contributed by atoms with van der Waals surface area (Å²) in [7, 11) is 0. The van der Waals surface area contributed by atoms with Crippen LogP contribution in [0, 0.1) is 6.92 Å². The Hall–Kier alpha value is -1.00. The maximum absolute atomic E-state index is 11.7. The molecule has 1 aliphatic rings. The maximum atomic E-state index is 11.7. The van der Waals surface area contributed by atoms with E-state index >= 15 is 0 Å². The van der Waals surface area contributed by atoms with E-state index in [4.69, 9.17) is 4.74 Å². The van der Waals surface area contributed by atoms with Gasteiger partial charge >= 0.3 is 0 Å². The number of thioether (sulfide) groups is 1. The number of hydrogen-bond acceptors (Lipinski definition) is 3. The largest absolute Gasteiger partial charge is 0.376 e. The molecule has 98 valence electrons. The van der Waals surface area contributed by atoms with Crippen molar-refractivity contribution < 1.29 is 9.53 Å². The van der Waals surface area contributed by atoms with Gasteiger partial charge in [-0.25, -0.2) is 0 Å². The first-order chi connectivity index (χ1) is 8.74. The maximum Gasteiger partial charge on any atom is 0.230 e. The third-order valence-corrected chi connectivity index (χ3v) is 3.95. The summed E-state index contributed by atoms with van der Waals surface area (Å²) in [6, 6.07) is 8.22. The predicted octanol–water partition coefficient (Wildman–Crippen LogP) is 2.38. The first kappa shape index (κ1) is 13.4. The van der Waals surface area contributed by atoms with Crippen LogP contribution >= 0.6 is 11.8 Å². The molecule has 1 N–H and O–H groups in total. The van der Waals surface area contributed by atoms with E-state index in [2.05, 4.69) is 24.4 Å². The highest BCUT2D eigenvalue weighted by Crippen LogP contribution is 2.18. The summed E-state index contributed by atoms with van der Waals surface area (Å²) >= 11 is 1.57. The molecule has 1 atom stereocenters.